The number of ether oxygens (including phenoxy) is 1. The Labute approximate surface area is 83.2 Å². The number of fused-ring (bicyclic) bond motifs is 1. The Balaban J connectivity index is 2.22. The van der Waals surface area contributed by atoms with Crippen molar-refractivity contribution in [2.45, 2.75) is 19.4 Å². The molecule has 1 unspecified atom stereocenters. The summed E-state index contributed by atoms with van der Waals surface area (Å²) in [6.07, 6.45) is 2.60. The van der Waals surface area contributed by atoms with Crippen molar-refractivity contribution >= 4 is 12.0 Å². The lowest BCUT2D eigenvalue weighted by atomic mass is 9.84. The van der Waals surface area contributed by atoms with E-state index in [4.69, 9.17) is 4.74 Å². The fourth-order valence-corrected chi connectivity index (χ4v) is 1.71. The average molecular weight is 188 g/mol. The van der Waals surface area contributed by atoms with Gasteiger partial charge in [-0.2, -0.15) is 0 Å². The van der Waals surface area contributed by atoms with Crippen LogP contribution in [0.15, 0.2) is 24.8 Å². The third kappa shape index (κ3) is 1.43. The lowest BCUT2D eigenvalue weighted by molar-refractivity contribution is -0.147. The Hall–Kier alpha value is -1.57. The molecule has 0 aliphatic heterocycles. The molecule has 1 aromatic carbocycles. The quantitative estimate of drug-likeness (QED) is 0.666. The first-order chi connectivity index (χ1) is 6.70. The Morgan fingerprint density at radius 3 is 3.07 bits per heavy atom. The molecule has 0 saturated heterocycles. The molecule has 0 saturated carbocycles. The number of hydrogen-bond donors (Lipinski definition) is 0. The molecular weight excluding hydrogens is 176 g/mol. The molecule has 2 heteroatoms. The predicted octanol–water partition coefficient (Wildman–Crippen LogP) is 2.49. The average Bonchev–Trinajstić information content (AvgIpc) is 2.14. The molecule has 0 heterocycles. The second-order valence-electron chi connectivity index (χ2n) is 3.46. The largest absolute Gasteiger partial charge is 0.457 e. The summed E-state index contributed by atoms with van der Waals surface area (Å²) in [4.78, 5) is 10.8. The van der Waals surface area contributed by atoms with Crippen LogP contribution in [0.5, 0.6) is 0 Å². The minimum Gasteiger partial charge on any atom is -0.457 e. The lowest BCUT2D eigenvalue weighted by Crippen LogP contribution is -2.21. The molecule has 2 rings (SSSR count). The van der Waals surface area contributed by atoms with Crippen LogP contribution < -0.4 is 0 Å². The van der Waals surface area contributed by atoms with Crippen molar-refractivity contribution in [3.05, 3.63) is 41.5 Å². The third-order valence-electron chi connectivity index (χ3n) is 2.47. The zero-order valence-electron chi connectivity index (χ0n) is 8.12. The molecule has 1 aliphatic carbocycles. The van der Waals surface area contributed by atoms with Crippen LogP contribution in [-0.2, 0) is 16.0 Å². The van der Waals surface area contributed by atoms with Gasteiger partial charge in [0.05, 0.1) is 0 Å². The van der Waals surface area contributed by atoms with E-state index in [2.05, 4.69) is 12.6 Å². The van der Waals surface area contributed by atoms with Crippen molar-refractivity contribution in [2.24, 2.45) is 0 Å². The lowest BCUT2D eigenvalue weighted by Gasteiger charge is -2.29. The van der Waals surface area contributed by atoms with Crippen molar-refractivity contribution in [3.8, 4) is 0 Å². The minimum absolute atomic E-state index is 0.0394. The molecule has 0 amide bonds. The van der Waals surface area contributed by atoms with Gasteiger partial charge in [-0.1, -0.05) is 24.8 Å². The molecule has 72 valence electrons. The van der Waals surface area contributed by atoms with Crippen LogP contribution in [0.1, 0.15) is 29.7 Å². The van der Waals surface area contributed by atoms with Crippen LogP contribution in [0.25, 0.3) is 6.08 Å². The summed E-state index contributed by atoms with van der Waals surface area (Å²) in [6.45, 7) is 5.14. The van der Waals surface area contributed by atoms with Gasteiger partial charge in [-0.3, -0.25) is 4.79 Å². The molecule has 0 aromatic heterocycles. The van der Waals surface area contributed by atoms with E-state index in [-0.39, 0.29) is 12.1 Å². The van der Waals surface area contributed by atoms with E-state index in [1.165, 1.54) is 12.5 Å². The van der Waals surface area contributed by atoms with Gasteiger partial charge in [0.25, 0.3) is 0 Å². The van der Waals surface area contributed by atoms with Crippen molar-refractivity contribution in [3.63, 3.8) is 0 Å². The zero-order chi connectivity index (χ0) is 10.1. The molecule has 14 heavy (non-hydrogen) atoms. The summed E-state index contributed by atoms with van der Waals surface area (Å²) < 4.78 is 5.14. The maximum Gasteiger partial charge on any atom is 0.303 e. The first-order valence-electron chi connectivity index (χ1n) is 4.63. The summed E-state index contributed by atoms with van der Waals surface area (Å²) >= 11 is 0. The highest BCUT2D eigenvalue weighted by Crippen LogP contribution is 2.36. The maximum absolute atomic E-state index is 10.8. The van der Waals surface area contributed by atoms with E-state index >= 15 is 0 Å². The summed E-state index contributed by atoms with van der Waals surface area (Å²) in [7, 11) is 0. The Bertz CT molecular complexity index is 393. The van der Waals surface area contributed by atoms with Crippen LogP contribution in [0.3, 0.4) is 0 Å². The highest BCUT2D eigenvalue weighted by Gasteiger charge is 2.28. The second kappa shape index (κ2) is 3.29. The summed E-state index contributed by atoms with van der Waals surface area (Å²) in [6, 6.07) is 6.11. The number of benzene rings is 1. The van der Waals surface area contributed by atoms with E-state index < -0.39 is 0 Å². The molecule has 0 radical (unpaired) electrons. The standard InChI is InChI=1S/C12H12O2/c1-3-9-4-5-10-7-12(11(10)6-9)14-8(2)13/h3-6,12H,1,7H2,2H3. The van der Waals surface area contributed by atoms with Crippen LogP contribution >= 0.6 is 0 Å². The van der Waals surface area contributed by atoms with Crippen molar-refractivity contribution < 1.29 is 9.53 Å². The second-order valence-corrected chi connectivity index (χ2v) is 3.46. The van der Waals surface area contributed by atoms with Crippen molar-refractivity contribution in [2.75, 3.05) is 0 Å². The van der Waals surface area contributed by atoms with Gasteiger partial charge in [-0.25, -0.2) is 0 Å². The highest BCUT2D eigenvalue weighted by molar-refractivity contribution is 5.67. The van der Waals surface area contributed by atoms with Gasteiger partial charge in [-0.15, -0.1) is 0 Å². The molecule has 1 aromatic rings. The molecule has 1 aliphatic rings. The van der Waals surface area contributed by atoms with E-state index in [0.717, 1.165) is 17.5 Å². The number of carbonyl (C=O) groups excluding carboxylic acids is 1. The van der Waals surface area contributed by atoms with Crippen LogP contribution in [0, 0.1) is 0 Å². The van der Waals surface area contributed by atoms with E-state index in [1.807, 2.05) is 12.1 Å². The third-order valence-corrected chi connectivity index (χ3v) is 2.47. The number of carbonyl (C=O) groups is 1. The fourth-order valence-electron chi connectivity index (χ4n) is 1.71. The number of esters is 1. The normalized spacial score (nSPS) is 17.9. The predicted molar refractivity (Wildman–Crippen MR) is 54.7 cm³/mol. The van der Waals surface area contributed by atoms with Gasteiger partial charge in [0.2, 0.25) is 0 Å². The number of hydrogen-bond acceptors (Lipinski definition) is 2. The molecule has 0 spiro atoms. The highest BCUT2D eigenvalue weighted by atomic mass is 16.5. The van der Waals surface area contributed by atoms with Crippen molar-refractivity contribution in [1.29, 1.82) is 0 Å². The Morgan fingerprint density at radius 2 is 2.43 bits per heavy atom. The molecule has 0 N–H and O–H groups in total. The minimum atomic E-state index is -0.218. The van der Waals surface area contributed by atoms with Gasteiger partial charge in [0.15, 0.2) is 0 Å². The van der Waals surface area contributed by atoms with Gasteiger partial charge in [0, 0.05) is 13.3 Å². The first-order valence-corrected chi connectivity index (χ1v) is 4.63. The van der Waals surface area contributed by atoms with Crippen molar-refractivity contribution in [1.82, 2.24) is 0 Å². The molecule has 0 bridgehead atoms. The Kier molecular flexibility index (Phi) is 2.12. The zero-order valence-corrected chi connectivity index (χ0v) is 8.12. The van der Waals surface area contributed by atoms with Crippen LogP contribution in [-0.4, -0.2) is 5.97 Å². The van der Waals surface area contributed by atoms with Gasteiger partial charge in [0.1, 0.15) is 6.10 Å². The van der Waals surface area contributed by atoms with Gasteiger partial charge >= 0.3 is 5.97 Å². The maximum atomic E-state index is 10.8. The molecular formula is C12H12O2. The SMILES string of the molecule is C=Cc1ccc2c(c1)C(OC(C)=O)C2. The van der Waals surface area contributed by atoms with Crippen LogP contribution in [0.2, 0.25) is 0 Å². The topological polar surface area (TPSA) is 26.3 Å². The fraction of sp³-hybridized carbons (Fsp3) is 0.250. The summed E-state index contributed by atoms with van der Waals surface area (Å²) in [5, 5.41) is 0. The molecule has 1 atom stereocenters. The van der Waals surface area contributed by atoms with Gasteiger partial charge < -0.3 is 4.74 Å². The van der Waals surface area contributed by atoms with E-state index in [0.29, 0.717) is 0 Å². The summed E-state index contributed by atoms with van der Waals surface area (Å²) in [5.74, 6) is -0.218. The monoisotopic (exact) mass is 188 g/mol. The molecule has 2 nitrogen and oxygen atoms in total. The smallest absolute Gasteiger partial charge is 0.303 e. The first kappa shape index (κ1) is 9.00. The number of rotatable bonds is 2. The molecule has 0 fully saturated rings. The van der Waals surface area contributed by atoms with E-state index in [9.17, 15) is 4.79 Å². The van der Waals surface area contributed by atoms with Gasteiger partial charge in [-0.05, 0) is 22.8 Å². The van der Waals surface area contributed by atoms with Crippen LogP contribution in [0.4, 0.5) is 0 Å². The Morgan fingerprint density at radius 1 is 1.64 bits per heavy atom. The van der Waals surface area contributed by atoms with E-state index in [1.54, 1.807) is 6.08 Å². The summed E-state index contributed by atoms with van der Waals surface area (Å²) in [5.41, 5.74) is 3.46.